The standard InChI is InChI=1S/C17H21NO6S/c1-10-4-6-11(7-5-10)25(21,22)18-12-8-9-13(18)15(17(20)24-3)14(12)16(19)23-2/h4-7,12-15H,8-9H2,1-3H3/t12?,13?,14-,15-/m1/s1. The van der Waals surface area contributed by atoms with Crippen LogP contribution in [-0.4, -0.2) is 51.0 Å². The van der Waals surface area contributed by atoms with Gasteiger partial charge >= 0.3 is 11.9 Å². The highest BCUT2D eigenvalue weighted by molar-refractivity contribution is 7.89. The number of carbonyl (C=O) groups excluding carboxylic acids is 2. The molecule has 25 heavy (non-hydrogen) atoms. The smallest absolute Gasteiger partial charge is 0.311 e. The molecule has 2 unspecified atom stereocenters. The van der Waals surface area contributed by atoms with E-state index in [0.29, 0.717) is 12.8 Å². The van der Waals surface area contributed by atoms with Crippen molar-refractivity contribution in [1.82, 2.24) is 4.31 Å². The minimum absolute atomic E-state index is 0.157. The molecule has 2 aliphatic heterocycles. The zero-order chi connectivity index (χ0) is 18.4. The number of benzene rings is 1. The molecule has 0 radical (unpaired) electrons. The van der Waals surface area contributed by atoms with E-state index in [1.54, 1.807) is 24.3 Å². The van der Waals surface area contributed by atoms with E-state index < -0.39 is 45.9 Å². The second-order valence-corrected chi connectivity index (χ2v) is 8.30. The van der Waals surface area contributed by atoms with Crippen molar-refractivity contribution in [2.75, 3.05) is 14.2 Å². The summed E-state index contributed by atoms with van der Waals surface area (Å²) in [6, 6.07) is 5.35. The summed E-state index contributed by atoms with van der Waals surface area (Å²) in [5, 5.41) is 0. The van der Waals surface area contributed by atoms with Gasteiger partial charge in [0, 0.05) is 12.1 Å². The van der Waals surface area contributed by atoms with Crippen LogP contribution >= 0.6 is 0 Å². The predicted octanol–water partition coefficient (Wildman–Crippen LogP) is 1.11. The molecule has 1 aromatic rings. The molecule has 0 spiro atoms. The summed E-state index contributed by atoms with van der Waals surface area (Å²) in [7, 11) is -1.35. The Morgan fingerprint density at radius 2 is 1.40 bits per heavy atom. The molecule has 2 heterocycles. The summed E-state index contributed by atoms with van der Waals surface area (Å²) in [4.78, 5) is 24.6. The monoisotopic (exact) mass is 367 g/mol. The molecule has 1 aromatic carbocycles. The fourth-order valence-electron chi connectivity index (χ4n) is 4.06. The van der Waals surface area contributed by atoms with E-state index in [0.717, 1.165) is 5.56 Å². The van der Waals surface area contributed by atoms with Gasteiger partial charge in [-0.15, -0.1) is 0 Å². The van der Waals surface area contributed by atoms with Crippen molar-refractivity contribution in [1.29, 1.82) is 0 Å². The highest BCUT2D eigenvalue weighted by Crippen LogP contribution is 2.49. The quantitative estimate of drug-likeness (QED) is 0.741. The van der Waals surface area contributed by atoms with Gasteiger partial charge in [0.15, 0.2) is 0 Å². The van der Waals surface area contributed by atoms with Crippen molar-refractivity contribution in [3.63, 3.8) is 0 Å². The molecule has 2 aliphatic rings. The van der Waals surface area contributed by atoms with E-state index in [-0.39, 0.29) is 4.90 Å². The maximum Gasteiger partial charge on any atom is 0.311 e. The van der Waals surface area contributed by atoms with Crippen LogP contribution in [0.15, 0.2) is 29.2 Å². The molecule has 4 atom stereocenters. The van der Waals surface area contributed by atoms with Gasteiger partial charge in [0.2, 0.25) is 10.0 Å². The van der Waals surface area contributed by atoms with Crippen molar-refractivity contribution < 1.29 is 27.5 Å². The van der Waals surface area contributed by atoms with Crippen LogP contribution in [0.4, 0.5) is 0 Å². The Bertz CT molecular complexity index is 758. The average Bonchev–Trinajstić information content (AvgIpc) is 3.17. The van der Waals surface area contributed by atoms with Crippen LogP contribution in [0.1, 0.15) is 18.4 Å². The second-order valence-electron chi connectivity index (χ2n) is 6.46. The Morgan fingerprint density at radius 3 is 1.80 bits per heavy atom. The largest absolute Gasteiger partial charge is 0.469 e. The average molecular weight is 367 g/mol. The minimum Gasteiger partial charge on any atom is -0.469 e. The SMILES string of the molecule is COC(=O)[C@@H]1C2CCC([C@H]1C(=O)OC)N2S(=O)(=O)c1ccc(C)cc1. The number of aryl methyl sites for hydroxylation is 1. The van der Waals surface area contributed by atoms with E-state index in [1.165, 1.54) is 18.5 Å². The third kappa shape index (κ3) is 2.73. The number of fused-ring (bicyclic) bond motifs is 2. The Hall–Kier alpha value is -1.93. The Kier molecular flexibility index (Phi) is 4.59. The summed E-state index contributed by atoms with van der Waals surface area (Å²) in [5.74, 6) is -2.83. The van der Waals surface area contributed by atoms with Crippen LogP contribution in [-0.2, 0) is 29.1 Å². The Morgan fingerprint density at radius 1 is 0.960 bits per heavy atom. The highest BCUT2D eigenvalue weighted by atomic mass is 32.2. The molecule has 0 aromatic heterocycles. The van der Waals surface area contributed by atoms with E-state index in [4.69, 9.17) is 9.47 Å². The number of sulfonamides is 1. The van der Waals surface area contributed by atoms with Crippen LogP contribution in [0, 0.1) is 18.8 Å². The maximum absolute atomic E-state index is 13.1. The number of methoxy groups -OCH3 is 2. The van der Waals surface area contributed by atoms with Gasteiger partial charge in [-0.1, -0.05) is 17.7 Å². The molecular weight excluding hydrogens is 346 g/mol. The van der Waals surface area contributed by atoms with Gasteiger partial charge in [-0.2, -0.15) is 4.31 Å². The third-order valence-corrected chi connectivity index (χ3v) is 7.14. The number of hydrogen-bond donors (Lipinski definition) is 0. The zero-order valence-electron chi connectivity index (χ0n) is 14.3. The van der Waals surface area contributed by atoms with Crippen LogP contribution in [0.3, 0.4) is 0 Å². The van der Waals surface area contributed by atoms with Gasteiger partial charge in [0.05, 0.1) is 31.0 Å². The summed E-state index contributed by atoms with van der Waals surface area (Å²) >= 11 is 0. The molecule has 3 rings (SSSR count). The number of hydrogen-bond acceptors (Lipinski definition) is 6. The van der Waals surface area contributed by atoms with E-state index in [9.17, 15) is 18.0 Å². The Balaban J connectivity index is 2.04. The van der Waals surface area contributed by atoms with Crippen molar-refractivity contribution in [2.45, 2.75) is 36.7 Å². The third-order valence-electron chi connectivity index (χ3n) is 5.17. The lowest BCUT2D eigenvalue weighted by molar-refractivity contribution is -0.157. The summed E-state index contributed by atoms with van der Waals surface area (Å²) in [5.41, 5.74) is 0.947. The van der Waals surface area contributed by atoms with Crippen LogP contribution in [0.25, 0.3) is 0 Å². The normalized spacial score (nSPS) is 28.8. The first-order valence-corrected chi connectivity index (χ1v) is 9.52. The number of nitrogens with zero attached hydrogens (tertiary/aromatic N) is 1. The first-order valence-electron chi connectivity index (χ1n) is 8.08. The fourth-order valence-corrected chi connectivity index (χ4v) is 5.97. The first-order chi connectivity index (χ1) is 11.8. The maximum atomic E-state index is 13.1. The number of esters is 2. The molecular formula is C17H21NO6S. The fraction of sp³-hybridized carbons (Fsp3) is 0.529. The summed E-state index contributed by atoms with van der Waals surface area (Å²) < 4.78 is 37.3. The molecule has 8 heteroatoms. The molecule has 2 bridgehead atoms. The van der Waals surface area contributed by atoms with Crippen LogP contribution in [0.5, 0.6) is 0 Å². The van der Waals surface area contributed by atoms with Gasteiger partial charge in [-0.3, -0.25) is 9.59 Å². The summed E-state index contributed by atoms with van der Waals surface area (Å²) in [6.07, 6.45) is 1.03. The molecule has 7 nitrogen and oxygen atoms in total. The van der Waals surface area contributed by atoms with E-state index in [2.05, 4.69) is 0 Å². The molecule has 0 N–H and O–H groups in total. The van der Waals surface area contributed by atoms with Crippen molar-refractivity contribution in [2.24, 2.45) is 11.8 Å². The number of ether oxygens (including phenoxy) is 2. The van der Waals surface area contributed by atoms with Crippen molar-refractivity contribution in [3.8, 4) is 0 Å². The van der Waals surface area contributed by atoms with Gasteiger partial charge in [0.25, 0.3) is 0 Å². The molecule has 2 fully saturated rings. The Labute approximate surface area is 147 Å². The van der Waals surface area contributed by atoms with Gasteiger partial charge in [-0.05, 0) is 31.9 Å². The van der Waals surface area contributed by atoms with E-state index >= 15 is 0 Å². The molecule has 0 amide bonds. The van der Waals surface area contributed by atoms with Crippen molar-refractivity contribution in [3.05, 3.63) is 29.8 Å². The zero-order valence-corrected chi connectivity index (χ0v) is 15.2. The minimum atomic E-state index is -3.82. The molecule has 136 valence electrons. The molecule has 2 saturated heterocycles. The lowest BCUT2D eigenvalue weighted by Gasteiger charge is -2.24. The molecule has 0 aliphatic carbocycles. The van der Waals surface area contributed by atoms with Gasteiger partial charge < -0.3 is 9.47 Å². The van der Waals surface area contributed by atoms with Gasteiger partial charge in [0.1, 0.15) is 0 Å². The summed E-state index contributed by atoms with van der Waals surface area (Å²) in [6.45, 7) is 1.87. The molecule has 0 saturated carbocycles. The number of rotatable bonds is 4. The highest BCUT2D eigenvalue weighted by Gasteiger charge is 2.63. The lowest BCUT2D eigenvalue weighted by Crippen LogP contribution is -2.39. The first kappa shape index (κ1) is 17.9. The van der Waals surface area contributed by atoms with Crippen LogP contribution < -0.4 is 0 Å². The van der Waals surface area contributed by atoms with E-state index in [1.807, 2.05) is 6.92 Å². The predicted molar refractivity (Wildman–Crippen MR) is 88.0 cm³/mol. The topological polar surface area (TPSA) is 90.0 Å². The number of carbonyl (C=O) groups is 2. The lowest BCUT2D eigenvalue weighted by atomic mass is 9.79. The van der Waals surface area contributed by atoms with Crippen LogP contribution in [0.2, 0.25) is 0 Å². The van der Waals surface area contributed by atoms with Crippen molar-refractivity contribution >= 4 is 22.0 Å². The second kappa shape index (κ2) is 6.42. The van der Waals surface area contributed by atoms with Gasteiger partial charge in [-0.25, -0.2) is 8.42 Å².